The number of hydrogen-bond acceptors (Lipinski definition) is 6. The zero-order valence-corrected chi connectivity index (χ0v) is 15.9. The molecule has 5 atom stereocenters. The first kappa shape index (κ1) is 23.1. The van der Waals surface area contributed by atoms with Gasteiger partial charge in [-0.3, -0.25) is 0 Å². The van der Waals surface area contributed by atoms with Crippen LogP contribution in [0.4, 0.5) is 0 Å². The van der Waals surface area contributed by atoms with Crippen LogP contribution in [0.3, 0.4) is 0 Å². The summed E-state index contributed by atoms with van der Waals surface area (Å²) in [6.45, 7) is 2.16. The van der Waals surface area contributed by atoms with E-state index in [1.165, 1.54) is 25.3 Å². The topological polar surface area (TPSA) is 107 Å². The minimum absolute atomic E-state index is 0.113. The van der Waals surface area contributed by atoms with Crippen molar-refractivity contribution >= 4 is 5.97 Å². The zero-order chi connectivity index (χ0) is 19.4. The van der Waals surface area contributed by atoms with Crippen LogP contribution in [-0.2, 0) is 9.53 Å². The van der Waals surface area contributed by atoms with Crippen molar-refractivity contribution in [2.24, 2.45) is 0 Å². The fourth-order valence-corrected chi connectivity index (χ4v) is 3.35. The molecular weight excluding hydrogens is 336 g/mol. The van der Waals surface area contributed by atoms with Gasteiger partial charge in [0.15, 0.2) is 0 Å². The number of esters is 1. The first-order chi connectivity index (χ1) is 12.4. The molecule has 152 valence electrons. The van der Waals surface area contributed by atoms with E-state index < -0.39 is 30.4 Å². The zero-order valence-electron chi connectivity index (χ0n) is 15.9. The molecule has 0 radical (unpaired) electrons. The van der Waals surface area contributed by atoms with Crippen molar-refractivity contribution in [3.05, 3.63) is 12.2 Å². The van der Waals surface area contributed by atoms with Gasteiger partial charge in [-0.15, -0.1) is 0 Å². The Morgan fingerprint density at radius 3 is 2.23 bits per heavy atom. The van der Waals surface area contributed by atoms with Gasteiger partial charge in [0, 0.05) is 18.9 Å². The van der Waals surface area contributed by atoms with Gasteiger partial charge in [-0.25, -0.2) is 4.79 Å². The van der Waals surface area contributed by atoms with Crippen molar-refractivity contribution in [3.8, 4) is 0 Å². The van der Waals surface area contributed by atoms with Gasteiger partial charge < -0.3 is 25.2 Å². The Balaban J connectivity index is 2.15. The fraction of sp³-hybridized carbons (Fsp3) is 0.850. The molecule has 0 aromatic rings. The summed E-state index contributed by atoms with van der Waals surface area (Å²) in [5.74, 6) is -0.409. The Hall–Kier alpha value is -0.950. The summed E-state index contributed by atoms with van der Waals surface area (Å²) in [4.78, 5) is 11.2. The summed E-state index contributed by atoms with van der Waals surface area (Å²) in [6.07, 6.45) is 7.29. The van der Waals surface area contributed by atoms with Crippen LogP contribution in [0.5, 0.6) is 0 Å². The summed E-state index contributed by atoms with van der Waals surface area (Å²) in [5.41, 5.74) is 0. The molecule has 0 unspecified atom stereocenters. The monoisotopic (exact) mass is 372 g/mol. The van der Waals surface area contributed by atoms with E-state index in [1.807, 2.05) is 0 Å². The van der Waals surface area contributed by atoms with E-state index in [9.17, 15) is 25.2 Å². The largest absolute Gasteiger partial charge is 0.459 e. The SMILES string of the molecule is CCCCCCC[C@@H](O)C[C@@H](O)C[C@@H](O)C[C@@H](O)C[C@@H]1CC=CC(=O)O1. The number of carbonyl (C=O) groups excluding carboxylic acids is 1. The molecular formula is C20H36O6. The molecule has 1 aliphatic rings. The van der Waals surface area contributed by atoms with Gasteiger partial charge in [0.05, 0.1) is 24.4 Å². The van der Waals surface area contributed by atoms with Crippen LogP contribution in [-0.4, -0.2) is 56.9 Å². The quantitative estimate of drug-likeness (QED) is 0.275. The highest BCUT2D eigenvalue weighted by Crippen LogP contribution is 2.18. The number of cyclic esters (lactones) is 1. The summed E-state index contributed by atoms with van der Waals surface area (Å²) in [7, 11) is 0. The summed E-state index contributed by atoms with van der Waals surface area (Å²) < 4.78 is 5.08. The molecule has 0 fully saturated rings. The standard InChI is InChI=1S/C20H36O6/c1-2-3-4-5-6-8-15(21)11-16(22)12-17(23)13-18(24)14-19-9-7-10-20(25)26-19/h7,10,15-19,21-24H,2-6,8-9,11-14H2,1H3/t15-,16-,17-,18-,19+/m1/s1. The van der Waals surface area contributed by atoms with E-state index >= 15 is 0 Å². The van der Waals surface area contributed by atoms with Gasteiger partial charge in [0.25, 0.3) is 0 Å². The molecule has 0 aromatic heterocycles. The van der Waals surface area contributed by atoms with E-state index in [-0.39, 0.29) is 31.8 Å². The molecule has 0 aromatic carbocycles. The molecule has 1 rings (SSSR count). The van der Waals surface area contributed by atoms with Gasteiger partial charge in [0.1, 0.15) is 6.10 Å². The van der Waals surface area contributed by atoms with Crippen molar-refractivity contribution in [1.29, 1.82) is 0 Å². The highest BCUT2D eigenvalue weighted by atomic mass is 16.5. The Kier molecular flexibility index (Phi) is 11.8. The molecule has 0 aliphatic carbocycles. The predicted molar refractivity (Wildman–Crippen MR) is 99.5 cm³/mol. The molecule has 0 amide bonds. The van der Waals surface area contributed by atoms with Crippen molar-refractivity contribution < 1.29 is 30.0 Å². The number of ether oxygens (including phenoxy) is 1. The highest BCUT2D eigenvalue weighted by molar-refractivity contribution is 5.82. The number of carbonyl (C=O) groups is 1. The third kappa shape index (κ3) is 10.9. The Morgan fingerprint density at radius 2 is 1.58 bits per heavy atom. The second-order valence-corrected chi connectivity index (χ2v) is 7.46. The molecule has 0 bridgehead atoms. The van der Waals surface area contributed by atoms with E-state index in [0.717, 1.165) is 12.8 Å². The molecule has 6 nitrogen and oxygen atoms in total. The predicted octanol–water partition coefficient (Wildman–Crippen LogP) is 2.22. The summed E-state index contributed by atoms with van der Waals surface area (Å²) in [5, 5.41) is 40.1. The van der Waals surface area contributed by atoms with Crippen molar-refractivity contribution in [2.45, 2.75) is 108 Å². The lowest BCUT2D eigenvalue weighted by molar-refractivity contribution is -0.145. The van der Waals surface area contributed by atoms with Gasteiger partial charge in [-0.2, -0.15) is 0 Å². The summed E-state index contributed by atoms with van der Waals surface area (Å²) >= 11 is 0. The lowest BCUT2D eigenvalue weighted by Gasteiger charge is -2.24. The van der Waals surface area contributed by atoms with Crippen LogP contribution < -0.4 is 0 Å². The highest BCUT2D eigenvalue weighted by Gasteiger charge is 2.23. The molecule has 4 N–H and O–H groups in total. The first-order valence-corrected chi connectivity index (χ1v) is 10.00. The smallest absolute Gasteiger partial charge is 0.330 e. The molecule has 26 heavy (non-hydrogen) atoms. The van der Waals surface area contributed by atoms with E-state index in [1.54, 1.807) is 6.08 Å². The van der Waals surface area contributed by atoms with Gasteiger partial charge in [-0.05, 0) is 25.7 Å². The third-order valence-electron chi connectivity index (χ3n) is 4.74. The Morgan fingerprint density at radius 1 is 0.962 bits per heavy atom. The minimum Gasteiger partial charge on any atom is -0.459 e. The maximum absolute atomic E-state index is 11.2. The van der Waals surface area contributed by atoms with E-state index in [2.05, 4.69) is 6.92 Å². The summed E-state index contributed by atoms with van der Waals surface area (Å²) in [6, 6.07) is 0. The minimum atomic E-state index is -0.855. The van der Waals surface area contributed by atoms with Crippen molar-refractivity contribution in [2.75, 3.05) is 0 Å². The molecule has 0 saturated heterocycles. The Labute approximate surface area is 156 Å². The Bertz CT molecular complexity index is 411. The van der Waals surface area contributed by atoms with Crippen LogP contribution in [0.1, 0.15) is 77.6 Å². The maximum atomic E-state index is 11.2. The van der Waals surface area contributed by atoms with Crippen LogP contribution in [0.2, 0.25) is 0 Å². The van der Waals surface area contributed by atoms with Crippen LogP contribution in [0, 0.1) is 0 Å². The molecule has 0 saturated carbocycles. The van der Waals surface area contributed by atoms with Crippen LogP contribution in [0.15, 0.2) is 12.2 Å². The van der Waals surface area contributed by atoms with E-state index in [4.69, 9.17) is 4.74 Å². The molecule has 6 heteroatoms. The molecule has 0 spiro atoms. The molecule has 1 heterocycles. The van der Waals surface area contributed by atoms with Crippen LogP contribution >= 0.6 is 0 Å². The fourth-order valence-electron chi connectivity index (χ4n) is 3.35. The molecule has 1 aliphatic heterocycles. The van der Waals surface area contributed by atoms with Gasteiger partial charge in [-0.1, -0.05) is 45.1 Å². The van der Waals surface area contributed by atoms with Gasteiger partial charge in [0.2, 0.25) is 0 Å². The van der Waals surface area contributed by atoms with Gasteiger partial charge >= 0.3 is 5.97 Å². The van der Waals surface area contributed by atoms with Crippen molar-refractivity contribution in [1.82, 2.24) is 0 Å². The normalized spacial score (nSPS) is 21.9. The van der Waals surface area contributed by atoms with Crippen LogP contribution in [0.25, 0.3) is 0 Å². The lowest BCUT2D eigenvalue weighted by atomic mass is 9.96. The number of aliphatic hydroxyl groups is 4. The third-order valence-corrected chi connectivity index (χ3v) is 4.74. The van der Waals surface area contributed by atoms with Crippen molar-refractivity contribution in [3.63, 3.8) is 0 Å². The average Bonchev–Trinajstić information content (AvgIpc) is 2.54. The number of rotatable bonds is 14. The number of aliphatic hydroxyl groups excluding tert-OH is 4. The second-order valence-electron chi connectivity index (χ2n) is 7.46. The van der Waals surface area contributed by atoms with E-state index in [0.29, 0.717) is 12.8 Å². The second kappa shape index (κ2) is 13.3. The number of hydrogen-bond donors (Lipinski definition) is 4. The first-order valence-electron chi connectivity index (χ1n) is 10.00. The lowest BCUT2D eigenvalue weighted by Crippen LogP contribution is -2.29. The number of unbranched alkanes of at least 4 members (excludes halogenated alkanes) is 4. The maximum Gasteiger partial charge on any atom is 0.330 e. The average molecular weight is 373 g/mol.